The third-order valence-electron chi connectivity index (χ3n) is 3.42. The largest absolute Gasteiger partial charge is 0.479 e. The van der Waals surface area contributed by atoms with Crippen LogP contribution in [0, 0.1) is 5.92 Å². The average molecular weight is 263 g/mol. The lowest BCUT2D eigenvalue weighted by atomic mass is 9.96. The quantitative estimate of drug-likeness (QED) is 0.765. The number of benzene rings is 1. The summed E-state index contributed by atoms with van der Waals surface area (Å²) in [7, 11) is 0. The summed E-state index contributed by atoms with van der Waals surface area (Å²) in [6.45, 7) is 4.42. The van der Waals surface area contributed by atoms with Crippen LogP contribution >= 0.6 is 0 Å². The molecule has 0 aromatic heterocycles. The van der Waals surface area contributed by atoms with Crippen LogP contribution in [-0.4, -0.2) is 18.6 Å². The molecule has 1 aliphatic heterocycles. The molecule has 2 rings (SSSR count). The molecular weight excluding hydrogens is 242 g/mol. The lowest BCUT2D eigenvalue weighted by Gasteiger charge is -2.25. The monoisotopic (exact) mass is 263 g/mol. The number of hydrogen-bond donors (Lipinski definition) is 3. The molecule has 0 spiro atoms. The van der Waals surface area contributed by atoms with Crippen LogP contribution in [0.2, 0.25) is 0 Å². The molecule has 5 N–H and O–H groups in total. The number of anilines is 1. The van der Waals surface area contributed by atoms with Gasteiger partial charge in [0.15, 0.2) is 6.10 Å². The summed E-state index contributed by atoms with van der Waals surface area (Å²) in [5.74, 6) is 0.931. The van der Waals surface area contributed by atoms with E-state index >= 15 is 0 Å². The zero-order valence-electron chi connectivity index (χ0n) is 11.3. The third-order valence-corrected chi connectivity index (χ3v) is 3.42. The van der Waals surface area contributed by atoms with Gasteiger partial charge in [-0.15, -0.1) is 0 Å². The summed E-state index contributed by atoms with van der Waals surface area (Å²) in [4.78, 5) is 11.6. The molecule has 0 saturated carbocycles. The molecule has 1 amide bonds. The molecule has 1 heterocycles. The second kappa shape index (κ2) is 5.59. The minimum absolute atomic E-state index is 0.0832. The van der Waals surface area contributed by atoms with Crippen molar-refractivity contribution in [3.05, 3.63) is 23.8 Å². The number of carbonyl (C=O) groups excluding carboxylic acids is 1. The van der Waals surface area contributed by atoms with E-state index in [1.54, 1.807) is 6.92 Å². The Labute approximate surface area is 113 Å². The van der Waals surface area contributed by atoms with Crippen LogP contribution in [0.1, 0.15) is 31.9 Å². The van der Waals surface area contributed by atoms with Crippen molar-refractivity contribution in [2.24, 2.45) is 17.4 Å². The summed E-state index contributed by atoms with van der Waals surface area (Å²) < 4.78 is 5.51. The molecule has 0 aliphatic carbocycles. The molecule has 0 bridgehead atoms. The number of fused-ring (bicyclic) bond motifs is 1. The maximum Gasteiger partial charge on any atom is 0.265 e. The molecule has 3 atom stereocenters. The van der Waals surface area contributed by atoms with Crippen molar-refractivity contribution in [1.82, 2.24) is 0 Å². The van der Waals surface area contributed by atoms with Gasteiger partial charge in [0.05, 0.1) is 5.69 Å². The summed E-state index contributed by atoms with van der Waals surface area (Å²) in [5.41, 5.74) is 13.4. The van der Waals surface area contributed by atoms with Crippen LogP contribution < -0.4 is 21.5 Å². The van der Waals surface area contributed by atoms with Crippen molar-refractivity contribution >= 4 is 11.6 Å². The van der Waals surface area contributed by atoms with Crippen molar-refractivity contribution in [3.8, 4) is 5.75 Å². The molecule has 5 heteroatoms. The maximum absolute atomic E-state index is 11.6. The van der Waals surface area contributed by atoms with Crippen molar-refractivity contribution < 1.29 is 9.53 Å². The Morgan fingerprint density at radius 2 is 2.21 bits per heavy atom. The first-order valence-electron chi connectivity index (χ1n) is 6.58. The van der Waals surface area contributed by atoms with Gasteiger partial charge in [0.1, 0.15) is 5.75 Å². The van der Waals surface area contributed by atoms with E-state index in [1.165, 1.54) is 0 Å². The summed E-state index contributed by atoms with van der Waals surface area (Å²) >= 11 is 0. The Hall–Kier alpha value is -1.59. The zero-order chi connectivity index (χ0) is 14.0. The number of nitrogens with one attached hydrogen (secondary N) is 1. The van der Waals surface area contributed by atoms with E-state index < -0.39 is 6.10 Å². The molecule has 104 valence electrons. The fourth-order valence-corrected chi connectivity index (χ4v) is 2.12. The van der Waals surface area contributed by atoms with E-state index in [2.05, 4.69) is 12.2 Å². The molecule has 0 saturated heterocycles. The van der Waals surface area contributed by atoms with Gasteiger partial charge in [-0.1, -0.05) is 13.0 Å². The van der Waals surface area contributed by atoms with Crippen molar-refractivity contribution in [2.45, 2.75) is 32.4 Å². The van der Waals surface area contributed by atoms with Gasteiger partial charge >= 0.3 is 0 Å². The second-order valence-electron chi connectivity index (χ2n) is 5.19. The van der Waals surface area contributed by atoms with Crippen LogP contribution in [0.4, 0.5) is 5.69 Å². The Morgan fingerprint density at radius 3 is 2.89 bits per heavy atom. The van der Waals surface area contributed by atoms with Crippen molar-refractivity contribution in [2.75, 3.05) is 11.9 Å². The maximum atomic E-state index is 11.6. The zero-order valence-corrected chi connectivity index (χ0v) is 11.3. The molecular formula is C14H21N3O2. The van der Waals surface area contributed by atoms with Gasteiger partial charge < -0.3 is 21.5 Å². The van der Waals surface area contributed by atoms with Gasteiger partial charge in [0, 0.05) is 6.04 Å². The fourth-order valence-electron chi connectivity index (χ4n) is 2.12. The number of nitrogens with two attached hydrogens (primary N) is 2. The summed E-state index contributed by atoms with van der Waals surface area (Å²) in [5, 5.41) is 2.83. The topological polar surface area (TPSA) is 90.4 Å². The van der Waals surface area contributed by atoms with E-state index in [0.717, 1.165) is 12.0 Å². The molecule has 0 fully saturated rings. The van der Waals surface area contributed by atoms with Crippen LogP contribution in [0.15, 0.2) is 18.2 Å². The highest BCUT2D eigenvalue weighted by atomic mass is 16.5. The van der Waals surface area contributed by atoms with E-state index in [4.69, 9.17) is 16.2 Å². The average Bonchev–Trinajstić information content (AvgIpc) is 2.39. The van der Waals surface area contributed by atoms with Crippen LogP contribution in [0.3, 0.4) is 0 Å². The first kappa shape index (κ1) is 13.8. The standard InChI is InChI=1S/C14H21N3O2/c1-8(7-15)5-11(16)10-3-4-13-12(6-10)17-14(18)9(2)19-13/h3-4,6,8-9,11H,5,7,15-16H2,1-2H3,(H,17,18). The van der Waals surface area contributed by atoms with Gasteiger partial charge in [0.2, 0.25) is 0 Å². The van der Waals surface area contributed by atoms with E-state index in [0.29, 0.717) is 23.9 Å². The van der Waals surface area contributed by atoms with Crippen molar-refractivity contribution in [3.63, 3.8) is 0 Å². The normalized spacial score (nSPS) is 21.1. The lowest BCUT2D eigenvalue weighted by Crippen LogP contribution is -2.34. The molecule has 1 aliphatic rings. The second-order valence-corrected chi connectivity index (χ2v) is 5.19. The molecule has 1 aromatic rings. The minimum Gasteiger partial charge on any atom is -0.479 e. The van der Waals surface area contributed by atoms with Crippen LogP contribution in [0.25, 0.3) is 0 Å². The number of carbonyl (C=O) groups is 1. The van der Waals surface area contributed by atoms with Gasteiger partial charge in [-0.3, -0.25) is 4.79 Å². The molecule has 3 unspecified atom stereocenters. The molecule has 5 nitrogen and oxygen atoms in total. The van der Waals surface area contributed by atoms with Gasteiger partial charge in [0.25, 0.3) is 5.91 Å². The Balaban J connectivity index is 2.17. The smallest absolute Gasteiger partial charge is 0.265 e. The van der Waals surface area contributed by atoms with Gasteiger partial charge in [-0.25, -0.2) is 0 Å². The summed E-state index contributed by atoms with van der Waals surface area (Å²) in [6.07, 6.45) is 0.366. The molecule has 19 heavy (non-hydrogen) atoms. The molecule has 0 radical (unpaired) electrons. The van der Waals surface area contributed by atoms with Gasteiger partial charge in [-0.05, 0) is 43.5 Å². The first-order valence-corrected chi connectivity index (χ1v) is 6.58. The lowest BCUT2D eigenvalue weighted by molar-refractivity contribution is -0.122. The van der Waals surface area contributed by atoms with E-state index in [-0.39, 0.29) is 11.9 Å². The fraction of sp³-hybridized carbons (Fsp3) is 0.500. The Morgan fingerprint density at radius 1 is 1.47 bits per heavy atom. The van der Waals surface area contributed by atoms with Crippen LogP contribution in [-0.2, 0) is 4.79 Å². The number of hydrogen-bond acceptors (Lipinski definition) is 4. The highest BCUT2D eigenvalue weighted by Gasteiger charge is 2.24. The predicted octanol–water partition coefficient (Wildman–Crippen LogP) is 1.39. The number of rotatable bonds is 4. The predicted molar refractivity (Wildman–Crippen MR) is 74.9 cm³/mol. The van der Waals surface area contributed by atoms with E-state index in [1.807, 2.05) is 18.2 Å². The first-order chi connectivity index (χ1) is 9.01. The Bertz CT molecular complexity index is 476. The minimum atomic E-state index is -0.454. The third kappa shape index (κ3) is 3.05. The summed E-state index contributed by atoms with van der Waals surface area (Å²) in [6, 6.07) is 5.59. The highest BCUT2D eigenvalue weighted by Crippen LogP contribution is 2.32. The highest BCUT2D eigenvalue weighted by molar-refractivity contribution is 5.97. The molecule has 1 aromatic carbocycles. The van der Waals surface area contributed by atoms with Crippen LogP contribution in [0.5, 0.6) is 5.75 Å². The Kier molecular flexibility index (Phi) is 4.07. The van der Waals surface area contributed by atoms with Crippen molar-refractivity contribution in [1.29, 1.82) is 0 Å². The number of amides is 1. The van der Waals surface area contributed by atoms with E-state index in [9.17, 15) is 4.79 Å². The number of ether oxygens (including phenoxy) is 1. The van der Waals surface area contributed by atoms with Gasteiger partial charge in [-0.2, -0.15) is 0 Å². The SMILES string of the molecule is CC(CN)CC(N)c1ccc2c(c1)NC(=O)C(C)O2.